The molecule has 0 spiro atoms. The molecule has 1 aromatic rings. The van der Waals surface area contributed by atoms with Gasteiger partial charge in [-0.25, -0.2) is 14.6 Å². The van der Waals surface area contributed by atoms with E-state index >= 15 is 0 Å². The molecule has 1 rings (SSSR count). The lowest BCUT2D eigenvalue weighted by molar-refractivity contribution is -0.255. The third-order valence-electron chi connectivity index (χ3n) is 2.40. The van der Waals surface area contributed by atoms with Crippen LogP contribution < -0.4 is 5.11 Å². The highest BCUT2D eigenvalue weighted by atomic mass is 16.5. The Kier molecular flexibility index (Phi) is 5.19. The number of hydrogen-bond donors (Lipinski definition) is 0. The van der Waals surface area contributed by atoms with Gasteiger partial charge in [-0.15, -0.1) is 0 Å². The second kappa shape index (κ2) is 6.65. The Balaban J connectivity index is 3.40. The third kappa shape index (κ3) is 3.31. The van der Waals surface area contributed by atoms with E-state index in [1.807, 2.05) is 0 Å². The summed E-state index contributed by atoms with van der Waals surface area (Å²) in [6.07, 6.45) is 0. The zero-order chi connectivity index (χ0) is 15.3. The topological polar surface area (TPSA) is 106 Å². The minimum absolute atomic E-state index is 0.0566. The normalized spacial score (nSPS) is 9.95. The molecule has 0 atom stereocenters. The van der Waals surface area contributed by atoms with Crippen molar-refractivity contribution in [3.63, 3.8) is 0 Å². The predicted molar refractivity (Wildman–Crippen MR) is 65.2 cm³/mol. The molecule has 0 saturated heterocycles. The van der Waals surface area contributed by atoms with Crippen LogP contribution >= 0.6 is 0 Å². The Morgan fingerprint density at radius 1 is 1.10 bits per heavy atom. The van der Waals surface area contributed by atoms with Crippen molar-refractivity contribution in [1.82, 2.24) is 4.98 Å². The minimum Gasteiger partial charge on any atom is -0.545 e. The molecule has 0 bridgehead atoms. The fraction of sp³-hybridized carbons (Fsp3) is 0.385. The Labute approximate surface area is 115 Å². The number of hydrogen-bond acceptors (Lipinski definition) is 7. The van der Waals surface area contributed by atoms with E-state index in [9.17, 15) is 19.5 Å². The molecule has 0 aliphatic carbocycles. The molecule has 7 heteroatoms. The molecule has 0 aromatic carbocycles. The number of nitrogens with zero attached hydrogens (tertiary/aromatic N) is 1. The molecule has 0 amide bonds. The first-order chi connectivity index (χ1) is 9.42. The van der Waals surface area contributed by atoms with Crippen LogP contribution in [-0.2, 0) is 9.47 Å². The zero-order valence-corrected chi connectivity index (χ0v) is 11.4. The number of aromatic carboxylic acids is 1. The molecular weight excluding hydrogens is 266 g/mol. The van der Waals surface area contributed by atoms with E-state index < -0.39 is 17.9 Å². The highest BCUT2D eigenvalue weighted by Gasteiger charge is 2.23. The number of carboxylic acid groups (broad SMARTS) is 1. The van der Waals surface area contributed by atoms with Crippen molar-refractivity contribution in [2.75, 3.05) is 13.2 Å². The van der Waals surface area contributed by atoms with Gasteiger partial charge in [-0.1, -0.05) is 0 Å². The molecule has 0 fully saturated rings. The van der Waals surface area contributed by atoms with Crippen LogP contribution in [0, 0.1) is 6.92 Å². The second-order valence-electron chi connectivity index (χ2n) is 3.75. The van der Waals surface area contributed by atoms with Gasteiger partial charge < -0.3 is 19.4 Å². The van der Waals surface area contributed by atoms with Crippen molar-refractivity contribution < 1.29 is 29.0 Å². The maximum atomic E-state index is 11.8. The van der Waals surface area contributed by atoms with Crippen LogP contribution in [-0.4, -0.2) is 36.1 Å². The van der Waals surface area contributed by atoms with Gasteiger partial charge in [0.15, 0.2) is 5.69 Å². The van der Waals surface area contributed by atoms with E-state index in [-0.39, 0.29) is 35.7 Å². The summed E-state index contributed by atoms with van der Waals surface area (Å²) in [7, 11) is 0. The van der Waals surface area contributed by atoms with Crippen LogP contribution in [0.15, 0.2) is 6.07 Å². The highest BCUT2D eigenvalue weighted by molar-refractivity contribution is 6.03. The summed E-state index contributed by atoms with van der Waals surface area (Å²) in [5.41, 5.74) is -0.745. The van der Waals surface area contributed by atoms with Crippen LogP contribution in [0.2, 0.25) is 0 Å². The number of pyridine rings is 1. The lowest BCUT2D eigenvalue weighted by atomic mass is 10.1. The average molecular weight is 280 g/mol. The summed E-state index contributed by atoms with van der Waals surface area (Å²) in [5, 5.41) is 10.9. The second-order valence-corrected chi connectivity index (χ2v) is 3.75. The molecule has 0 aliphatic rings. The summed E-state index contributed by atoms with van der Waals surface area (Å²) >= 11 is 0. The summed E-state index contributed by atoms with van der Waals surface area (Å²) in [4.78, 5) is 38.3. The van der Waals surface area contributed by atoms with Crippen molar-refractivity contribution in [2.24, 2.45) is 0 Å². The number of aromatic nitrogens is 1. The maximum Gasteiger partial charge on any atom is 0.357 e. The van der Waals surface area contributed by atoms with Crippen molar-refractivity contribution in [2.45, 2.75) is 20.8 Å². The number of carbonyl (C=O) groups is 3. The molecule has 20 heavy (non-hydrogen) atoms. The highest BCUT2D eigenvalue weighted by Crippen LogP contribution is 2.15. The number of carbonyl (C=O) groups excluding carboxylic acids is 3. The first-order valence-electron chi connectivity index (χ1n) is 5.99. The summed E-state index contributed by atoms with van der Waals surface area (Å²) in [5.74, 6) is -3.15. The van der Waals surface area contributed by atoms with Crippen LogP contribution in [0.3, 0.4) is 0 Å². The first-order valence-corrected chi connectivity index (χ1v) is 5.99. The third-order valence-corrected chi connectivity index (χ3v) is 2.40. The fourth-order valence-corrected chi connectivity index (χ4v) is 1.53. The Bertz CT molecular complexity index is 552. The Morgan fingerprint density at radius 2 is 1.65 bits per heavy atom. The van der Waals surface area contributed by atoms with Gasteiger partial charge in [0.25, 0.3) is 0 Å². The smallest absolute Gasteiger partial charge is 0.357 e. The minimum atomic E-state index is -1.49. The Morgan fingerprint density at radius 3 is 2.15 bits per heavy atom. The summed E-state index contributed by atoms with van der Waals surface area (Å²) in [6.45, 7) is 4.76. The van der Waals surface area contributed by atoms with E-state index in [0.29, 0.717) is 0 Å². The number of rotatable bonds is 5. The first kappa shape index (κ1) is 15.6. The van der Waals surface area contributed by atoms with Crippen LogP contribution in [0.25, 0.3) is 0 Å². The standard InChI is InChI=1S/C13H15NO6/c1-4-19-12(17)9-6-8(11(15)16)7(3)14-10(9)13(18)20-5-2/h6H,4-5H2,1-3H3,(H,15,16)/p-1. The van der Waals surface area contributed by atoms with Crippen LogP contribution in [0.5, 0.6) is 0 Å². The number of ether oxygens (including phenoxy) is 2. The van der Waals surface area contributed by atoms with Gasteiger partial charge in [0.2, 0.25) is 0 Å². The van der Waals surface area contributed by atoms with Gasteiger partial charge in [0.1, 0.15) is 0 Å². The van der Waals surface area contributed by atoms with Crippen LogP contribution in [0.4, 0.5) is 0 Å². The fourth-order valence-electron chi connectivity index (χ4n) is 1.53. The van der Waals surface area contributed by atoms with E-state index in [2.05, 4.69) is 4.98 Å². The number of aryl methyl sites for hydroxylation is 1. The molecule has 1 heterocycles. The van der Waals surface area contributed by atoms with Crippen molar-refractivity contribution in [3.8, 4) is 0 Å². The monoisotopic (exact) mass is 280 g/mol. The van der Waals surface area contributed by atoms with Gasteiger partial charge >= 0.3 is 11.9 Å². The predicted octanol–water partition coefficient (Wildman–Crippen LogP) is 0.107. The molecule has 108 valence electrons. The maximum absolute atomic E-state index is 11.8. The lowest BCUT2D eigenvalue weighted by Gasteiger charge is -2.12. The summed E-state index contributed by atoms with van der Waals surface area (Å²) in [6, 6.07) is 1.02. The molecule has 1 aromatic heterocycles. The van der Waals surface area contributed by atoms with Gasteiger partial charge in [0.05, 0.1) is 24.7 Å². The number of esters is 2. The number of carboxylic acids is 1. The van der Waals surface area contributed by atoms with E-state index in [1.54, 1.807) is 13.8 Å². The van der Waals surface area contributed by atoms with Crippen LogP contribution in [0.1, 0.15) is 50.7 Å². The van der Waals surface area contributed by atoms with Crippen molar-refractivity contribution >= 4 is 17.9 Å². The van der Waals surface area contributed by atoms with E-state index in [4.69, 9.17) is 9.47 Å². The van der Waals surface area contributed by atoms with Crippen molar-refractivity contribution in [3.05, 3.63) is 28.6 Å². The van der Waals surface area contributed by atoms with Gasteiger partial charge in [-0.3, -0.25) is 0 Å². The van der Waals surface area contributed by atoms with Gasteiger partial charge in [0, 0.05) is 11.3 Å². The van der Waals surface area contributed by atoms with E-state index in [1.165, 1.54) is 6.92 Å². The average Bonchev–Trinajstić information content (AvgIpc) is 2.38. The lowest BCUT2D eigenvalue weighted by Crippen LogP contribution is -2.26. The molecular formula is C13H14NO6-. The largest absolute Gasteiger partial charge is 0.545 e. The van der Waals surface area contributed by atoms with Crippen molar-refractivity contribution in [1.29, 1.82) is 0 Å². The van der Waals surface area contributed by atoms with Gasteiger partial charge in [-0.2, -0.15) is 0 Å². The Hall–Kier alpha value is -2.44. The summed E-state index contributed by atoms with van der Waals surface area (Å²) < 4.78 is 9.55. The SMILES string of the molecule is CCOC(=O)c1cc(C(=O)[O-])c(C)nc1C(=O)OCC. The molecule has 0 saturated carbocycles. The molecule has 0 radical (unpaired) electrons. The molecule has 0 N–H and O–H groups in total. The van der Waals surface area contributed by atoms with Gasteiger partial charge in [-0.05, 0) is 26.8 Å². The quantitative estimate of drug-likeness (QED) is 0.704. The molecule has 7 nitrogen and oxygen atoms in total. The van der Waals surface area contributed by atoms with E-state index in [0.717, 1.165) is 6.07 Å². The molecule has 0 unspecified atom stereocenters. The molecule has 0 aliphatic heterocycles. The zero-order valence-electron chi connectivity index (χ0n) is 11.4.